The van der Waals surface area contributed by atoms with E-state index in [4.69, 9.17) is 4.52 Å². The van der Waals surface area contributed by atoms with E-state index in [0.717, 1.165) is 6.20 Å². The molecule has 0 spiro atoms. The second-order valence-electron chi connectivity index (χ2n) is 3.79. The average molecular weight is 277 g/mol. The van der Waals surface area contributed by atoms with E-state index in [-0.39, 0.29) is 0 Å². The van der Waals surface area contributed by atoms with Crippen molar-refractivity contribution in [1.82, 2.24) is 10.1 Å². The molecule has 0 fully saturated rings. The minimum atomic E-state index is -4.35. The molecule has 98 valence electrons. The molecule has 0 saturated heterocycles. The van der Waals surface area contributed by atoms with Crippen LogP contribution in [0.3, 0.4) is 0 Å². The molecule has 2 aromatic heterocycles. The normalized spacial score (nSPS) is 11.8. The van der Waals surface area contributed by atoms with Gasteiger partial charge in [-0.05, 0) is 6.92 Å². The summed E-state index contributed by atoms with van der Waals surface area (Å²) in [5, 5.41) is 4.07. The topological polar surface area (TPSA) is 42.2 Å². The maximum atomic E-state index is 12.4. The van der Waals surface area contributed by atoms with Gasteiger partial charge in [-0.25, -0.2) is 4.98 Å². The second kappa shape index (κ2) is 4.60. The van der Waals surface area contributed by atoms with Gasteiger partial charge in [-0.1, -0.05) is 16.5 Å². The number of anilines is 1. The van der Waals surface area contributed by atoms with Crippen LogP contribution in [0.5, 0.6) is 0 Å². The first-order valence-electron chi connectivity index (χ1n) is 5.02. The van der Waals surface area contributed by atoms with Crippen LogP contribution in [0.1, 0.15) is 16.3 Å². The summed E-state index contributed by atoms with van der Waals surface area (Å²) >= 11 is 0.605. The van der Waals surface area contributed by atoms with Gasteiger partial charge in [-0.15, -0.1) is 0 Å². The zero-order valence-corrected chi connectivity index (χ0v) is 10.5. The van der Waals surface area contributed by atoms with Crippen LogP contribution in [-0.2, 0) is 12.7 Å². The molecule has 4 nitrogen and oxygen atoms in total. The first-order chi connectivity index (χ1) is 8.36. The molecule has 0 aliphatic rings. The lowest BCUT2D eigenvalue weighted by atomic mass is 10.4. The SMILES string of the molecule is Cc1cc(CN(C)c2ncc(C(F)(F)F)s2)no1. The minimum Gasteiger partial charge on any atom is -0.361 e. The molecule has 0 unspecified atom stereocenters. The molecule has 0 aliphatic heterocycles. The second-order valence-corrected chi connectivity index (χ2v) is 4.80. The van der Waals surface area contributed by atoms with Crippen LogP contribution in [0.15, 0.2) is 16.8 Å². The zero-order valence-electron chi connectivity index (χ0n) is 9.65. The van der Waals surface area contributed by atoms with Crippen LogP contribution < -0.4 is 4.90 Å². The van der Waals surface area contributed by atoms with Crippen molar-refractivity contribution >= 4 is 16.5 Å². The summed E-state index contributed by atoms with van der Waals surface area (Å²) in [7, 11) is 1.66. The number of thiazole rings is 1. The molecule has 2 rings (SSSR count). The highest BCUT2D eigenvalue weighted by Crippen LogP contribution is 2.36. The maximum absolute atomic E-state index is 12.4. The quantitative estimate of drug-likeness (QED) is 0.864. The third-order valence-electron chi connectivity index (χ3n) is 2.18. The van der Waals surface area contributed by atoms with Crippen LogP contribution >= 0.6 is 11.3 Å². The molecular formula is C10H10F3N3OS. The molecule has 0 N–H and O–H groups in total. The van der Waals surface area contributed by atoms with Crippen molar-refractivity contribution < 1.29 is 17.7 Å². The van der Waals surface area contributed by atoms with Gasteiger partial charge in [0, 0.05) is 13.1 Å². The van der Waals surface area contributed by atoms with E-state index in [2.05, 4.69) is 10.1 Å². The lowest BCUT2D eigenvalue weighted by molar-refractivity contribution is -0.134. The van der Waals surface area contributed by atoms with Crippen LogP contribution in [0, 0.1) is 6.92 Å². The van der Waals surface area contributed by atoms with Crippen molar-refractivity contribution in [2.24, 2.45) is 0 Å². The predicted molar refractivity (Wildman–Crippen MR) is 60.5 cm³/mol. The fourth-order valence-corrected chi connectivity index (χ4v) is 2.12. The van der Waals surface area contributed by atoms with Crippen LogP contribution in [0.4, 0.5) is 18.3 Å². The summed E-state index contributed by atoms with van der Waals surface area (Å²) < 4.78 is 42.1. The highest BCUT2D eigenvalue weighted by atomic mass is 32.1. The number of hydrogen-bond acceptors (Lipinski definition) is 5. The number of aryl methyl sites for hydroxylation is 1. The van der Waals surface area contributed by atoms with Gasteiger partial charge in [-0.2, -0.15) is 13.2 Å². The number of rotatable bonds is 3. The summed E-state index contributed by atoms with van der Waals surface area (Å²) in [5.74, 6) is 0.661. The average Bonchev–Trinajstić information content (AvgIpc) is 2.85. The summed E-state index contributed by atoms with van der Waals surface area (Å²) in [5.41, 5.74) is 0.652. The number of aromatic nitrogens is 2. The smallest absolute Gasteiger partial charge is 0.361 e. The van der Waals surface area contributed by atoms with Gasteiger partial charge in [-0.3, -0.25) is 0 Å². The van der Waals surface area contributed by atoms with Gasteiger partial charge in [0.1, 0.15) is 16.3 Å². The predicted octanol–water partition coefficient (Wildman–Crippen LogP) is 3.09. The summed E-state index contributed by atoms with van der Waals surface area (Å²) in [6.45, 7) is 2.10. The van der Waals surface area contributed by atoms with E-state index >= 15 is 0 Å². The Kier molecular flexibility index (Phi) is 3.29. The number of nitrogens with zero attached hydrogens (tertiary/aromatic N) is 3. The maximum Gasteiger partial charge on any atom is 0.427 e. The van der Waals surface area contributed by atoms with Gasteiger partial charge in [0.2, 0.25) is 0 Å². The van der Waals surface area contributed by atoms with E-state index in [1.165, 1.54) is 0 Å². The highest BCUT2D eigenvalue weighted by molar-refractivity contribution is 7.15. The van der Waals surface area contributed by atoms with E-state index < -0.39 is 11.1 Å². The van der Waals surface area contributed by atoms with Gasteiger partial charge in [0.15, 0.2) is 5.13 Å². The van der Waals surface area contributed by atoms with E-state index in [9.17, 15) is 13.2 Å². The highest BCUT2D eigenvalue weighted by Gasteiger charge is 2.33. The molecule has 18 heavy (non-hydrogen) atoms. The van der Waals surface area contributed by atoms with E-state index in [0.29, 0.717) is 34.5 Å². The summed E-state index contributed by atoms with van der Waals surface area (Å²) in [6, 6.07) is 1.73. The third-order valence-corrected chi connectivity index (χ3v) is 3.33. The molecule has 0 aromatic carbocycles. The zero-order chi connectivity index (χ0) is 13.3. The molecule has 2 heterocycles. The number of hydrogen-bond donors (Lipinski definition) is 0. The van der Waals surface area contributed by atoms with Crippen molar-refractivity contribution in [3.05, 3.63) is 28.6 Å². The van der Waals surface area contributed by atoms with Gasteiger partial charge < -0.3 is 9.42 Å². The molecule has 0 atom stereocenters. The molecule has 8 heteroatoms. The monoisotopic (exact) mass is 277 g/mol. The molecule has 0 amide bonds. The van der Waals surface area contributed by atoms with Crippen LogP contribution in [0.25, 0.3) is 0 Å². The van der Waals surface area contributed by atoms with E-state index in [1.54, 1.807) is 24.9 Å². The Morgan fingerprint density at radius 2 is 2.17 bits per heavy atom. The van der Waals surface area contributed by atoms with Crippen molar-refractivity contribution in [2.45, 2.75) is 19.6 Å². The number of halogens is 3. The molecule has 2 aromatic rings. The fourth-order valence-electron chi connectivity index (χ4n) is 1.38. The number of alkyl halides is 3. The molecule has 0 aliphatic carbocycles. The first-order valence-corrected chi connectivity index (χ1v) is 5.84. The third kappa shape index (κ3) is 2.81. The lowest BCUT2D eigenvalue weighted by Crippen LogP contribution is -2.16. The van der Waals surface area contributed by atoms with Crippen molar-refractivity contribution in [2.75, 3.05) is 11.9 Å². The molecule has 0 saturated carbocycles. The standard InChI is InChI=1S/C10H10F3N3OS/c1-6-3-7(15-17-6)5-16(2)9-14-4-8(18-9)10(11,12)13/h3-4H,5H2,1-2H3. The van der Waals surface area contributed by atoms with Crippen LogP contribution in [-0.4, -0.2) is 17.2 Å². The van der Waals surface area contributed by atoms with Crippen molar-refractivity contribution in [3.63, 3.8) is 0 Å². The Hall–Kier alpha value is -1.57. The summed E-state index contributed by atoms with van der Waals surface area (Å²) in [4.78, 5) is 4.64. The Balaban J connectivity index is 2.09. The van der Waals surface area contributed by atoms with Crippen LogP contribution in [0.2, 0.25) is 0 Å². The van der Waals surface area contributed by atoms with Gasteiger partial charge >= 0.3 is 6.18 Å². The Morgan fingerprint density at radius 3 is 2.67 bits per heavy atom. The first kappa shape index (κ1) is 12.9. The van der Waals surface area contributed by atoms with Crippen molar-refractivity contribution in [1.29, 1.82) is 0 Å². The largest absolute Gasteiger partial charge is 0.427 e. The van der Waals surface area contributed by atoms with Crippen molar-refractivity contribution in [3.8, 4) is 0 Å². The molecule has 0 radical (unpaired) electrons. The Labute approximate surface area is 105 Å². The molecular weight excluding hydrogens is 267 g/mol. The molecule has 0 bridgehead atoms. The lowest BCUT2D eigenvalue weighted by Gasteiger charge is -2.13. The Morgan fingerprint density at radius 1 is 1.44 bits per heavy atom. The van der Waals surface area contributed by atoms with Gasteiger partial charge in [0.25, 0.3) is 0 Å². The fraction of sp³-hybridized carbons (Fsp3) is 0.400. The van der Waals surface area contributed by atoms with E-state index in [1.807, 2.05) is 0 Å². The Bertz CT molecular complexity index is 534. The summed E-state index contributed by atoms with van der Waals surface area (Å²) in [6.07, 6.45) is -3.51. The van der Waals surface area contributed by atoms with Gasteiger partial charge in [0.05, 0.1) is 12.7 Å². The minimum absolute atomic E-state index is 0.294.